The highest BCUT2D eigenvalue weighted by atomic mass is 35.5. The highest BCUT2D eigenvalue weighted by Gasteiger charge is 2.23. The van der Waals surface area contributed by atoms with Crippen LogP contribution < -0.4 is 13.8 Å². The van der Waals surface area contributed by atoms with Crippen molar-refractivity contribution in [2.24, 2.45) is 0 Å². The summed E-state index contributed by atoms with van der Waals surface area (Å²) in [5.41, 5.74) is 0.573. The minimum absolute atomic E-state index is 0.0265. The summed E-state index contributed by atoms with van der Waals surface area (Å²) in [6.07, 6.45) is 0. The summed E-state index contributed by atoms with van der Waals surface area (Å²) in [4.78, 5) is 12.4. The lowest BCUT2D eigenvalue weighted by Crippen LogP contribution is -2.26. The summed E-state index contributed by atoms with van der Waals surface area (Å²) in [5, 5.41) is 0.513. The van der Waals surface area contributed by atoms with Gasteiger partial charge < -0.3 is 9.47 Å². The van der Waals surface area contributed by atoms with Gasteiger partial charge in [0.25, 0.3) is 10.0 Å². The number of esters is 1. The van der Waals surface area contributed by atoms with E-state index in [4.69, 9.17) is 21.1 Å². The number of methoxy groups -OCH3 is 1. The minimum Gasteiger partial charge on any atom is -0.497 e. The Morgan fingerprint density at radius 2 is 1.55 bits per heavy atom. The fraction of sp³-hybridized carbons (Fsp3) is 0.0952. The van der Waals surface area contributed by atoms with Crippen LogP contribution in [0.3, 0.4) is 0 Å². The molecule has 0 aliphatic rings. The second-order valence-electron chi connectivity index (χ2n) is 6.04. The number of anilines is 1. The highest BCUT2D eigenvalue weighted by molar-refractivity contribution is 7.92. The molecule has 0 aromatic heterocycles. The van der Waals surface area contributed by atoms with E-state index in [9.17, 15) is 13.2 Å². The number of hydrogen-bond donors (Lipinski definition) is 0. The van der Waals surface area contributed by atoms with E-state index in [1.807, 2.05) is 0 Å². The summed E-state index contributed by atoms with van der Waals surface area (Å²) in [6, 6.07) is 18.6. The van der Waals surface area contributed by atoms with E-state index in [1.54, 1.807) is 48.5 Å². The van der Waals surface area contributed by atoms with Crippen LogP contribution in [0.4, 0.5) is 5.69 Å². The minimum atomic E-state index is -3.88. The van der Waals surface area contributed by atoms with Crippen molar-refractivity contribution in [1.29, 1.82) is 0 Å². The maximum Gasteiger partial charge on any atom is 0.343 e. The molecule has 150 valence electrons. The molecule has 0 saturated carbocycles. The Bertz CT molecular complexity index is 1110. The zero-order valence-corrected chi connectivity index (χ0v) is 17.3. The van der Waals surface area contributed by atoms with E-state index < -0.39 is 16.0 Å². The van der Waals surface area contributed by atoms with E-state index >= 15 is 0 Å². The first-order chi connectivity index (χ1) is 13.8. The van der Waals surface area contributed by atoms with E-state index in [1.165, 1.54) is 38.4 Å². The predicted molar refractivity (Wildman–Crippen MR) is 111 cm³/mol. The molecule has 8 heteroatoms. The Balaban J connectivity index is 1.84. The van der Waals surface area contributed by atoms with Gasteiger partial charge in [0.05, 0.1) is 23.3 Å². The first-order valence-electron chi connectivity index (χ1n) is 8.52. The average Bonchev–Trinajstić information content (AvgIpc) is 2.75. The Labute approximate surface area is 174 Å². The number of rotatable bonds is 6. The van der Waals surface area contributed by atoms with Crippen molar-refractivity contribution >= 4 is 33.3 Å². The predicted octanol–water partition coefficient (Wildman–Crippen LogP) is 4.39. The molecule has 0 spiro atoms. The molecular weight excluding hydrogens is 414 g/mol. The molecule has 0 amide bonds. The van der Waals surface area contributed by atoms with Gasteiger partial charge in [-0.1, -0.05) is 17.7 Å². The van der Waals surface area contributed by atoms with Crippen LogP contribution in [0.15, 0.2) is 77.7 Å². The SMILES string of the molecule is COc1ccc(N(C)S(=O)(=O)c2cccc(C(=O)Oc3ccc(Cl)cc3)c2)cc1. The number of hydrogen-bond acceptors (Lipinski definition) is 5. The summed E-state index contributed by atoms with van der Waals surface area (Å²) < 4.78 is 37.5. The quantitative estimate of drug-likeness (QED) is 0.427. The third-order valence-corrected chi connectivity index (χ3v) is 6.22. The van der Waals surface area contributed by atoms with Gasteiger partial charge in [0.15, 0.2) is 0 Å². The van der Waals surface area contributed by atoms with Crippen molar-refractivity contribution < 1.29 is 22.7 Å². The first kappa shape index (κ1) is 20.7. The van der Waals surface area contributed by atoms with Crippen LogP contribution in [0, 0.1) is 0 Å². The largest absolute Gasteiger partial charge is 0.497 e. The number of benzene rings is 3. The Morgan fingerprint density at radius 1 is 0.931 bits per heavy atom. The van der Waals surface area contributed by atoms with Crippen LogP contribution in [0.2, 0.25) is 5.02 Å². The van der Waals surface area contributed by atoms with Gasteiger partial charge in [0.2, 0.25) is 0 Å². The van der Waals surface area contributed by atoms with E-state index in [-0.39, 0.29) is 10.5 Å². The molecule has 0 N–H and O–H groups in total. The molecule has 29 heavy (non-hydrogen) atoms. The van der Waals surface area contributed by atoms with Gasteiger partial charge in [0, 0.05) is 12.1 Å². The second-order valence-corrected chi connectivity index (χ2v) is 8.45. The summed E-state index contributed by atoms with van der Waals surface area (Å²) in [6.45, 7) is 0. The van der Waals surface area contributed by atoms with E-state index in [0.717, 1.165) is 4.31 Å². The number of carbonyl (C=O) groups excluding carboxylic acids is 1. The topological polar surface area (TPSA) is 72.9 Å². The van der Waals surface area contributed by atoms with E-state index in [0.29, 0.717) is 22.2 Å². The zero-order chi connectivity index (χ0) is 21.0. The lowest BCUT2D eigenvalue weighted by atomic mass is 10.2. The zero-order valence-electron chi connectivity index (χ0n) is 15.7. The molecule has 0 unspecified atom stereocenters. The summed E-state index contributed by atoms with van der Waals surface area (Å²) >= 11 is 5.81. The van der Waals surface area contributed by atoms with Crippen LogP contribution in [0.5, 0.6) is 11.5 Å². The molecule has 0 atom stereocenters. The Morgan fingerprint density at radius 3 is 2.17 bits per heavy atom. The van der Waals surface area contributed by atoms with Gasteiger partial charge in [0.1, 0.15) is 11.5 Å². The van der Waals surface area contributed by atoms with Crippen LogP contribution in [0.25, 0.3) is 0 Å². The molecule has 0 aliphatic heterocycles. The first-order valence-corrected chi connectivity index (χ1v) is 10.3. The smallest absolute Gasteiger partial charge is 0.343 e. The molecule has 0 aliphatic carbocycles. The monoisotopic (exact) mass is 431 g/mol. The lowest BCUT2D eigenvalue weighted by Gasteiger charge is -2.20. The van der Waals surface area contributed by atoms with Crippen molar-refractivity contribution in [3.63, 3.8) is 0 Å². The standard InChI is InChI=1S/C21H18ClNO5S/c1-23(17-8-12-18(27-2)13-9-17)29(25,26)20-5-3-4-15(14-20)21(24)28-19-10-6-16(22)7-11-19/h3-14H,1-2H3. The molecule has 0 fully saturated rings. The molecule has 0 bridgehead atoms. The van der Waals surface area contributed by atoms with E-state index in [2.05, 4.69) is 0 Å². The van der Waals surface area contributed by atoms with Crippen molar-refractivity contribution in [1.82, 2.24) is 0 Å². The van der Waals surface area contributed by atoms with Crippen LogP contribution >= 0.6 is 11.6 Å². The van der Waals surface area contributed by atoms with Gasteiger partial charge >= 0.3 is 5.97 Å². The number of carbonyl (C=O) groups is 1. The lowest BCUT2D eigenvalue weighted by molar-refractivity contribution is 0.0734. The molecular formula is C21H18ClNO5S. The normalized spacial score (nSPS) is 11.0. The van der Waals surface area contributed by atoms with Gasteiger partial charge in [-0.25, -0.2) is 13.2 Å². The Kier molecular flexibility index (Phi) is 6.10. The molecule has 0 heterocycles. The molecule has 3 rings (SSSR count). The fourth-order valence-corrected chi connectivity index (χ4v) is 3.91. The molecule has 0 radical (unpaired) electrons. The molecule has 3 aromatic carbocycles. The fourth-order valence-electron chi connectivity index (χ4n) is 2.54. The summed E-state index contributed by atoms with van der Waals surface area (Å²) in [7, 11) is -0.907. The van der Waals surface area contributed by atoms with Crippen LogP contribution in [-0.2, 0) is 10.0 Å². The van der Waals surface area contributed by atoms with Crippen molar-refractivity contribution in [2.45, 2.75) is 4.90 Å². The number of halogens is 1. The van der Waals surface area contributed by atoms with Crippen molar-refractivity contribution in [3.8, 4) is 11.5 Å². The molecule has 6 nitrogen and oxygen atoms in total. The average molecular weight is 432 g/mol. The van der Waals surface area contributed by atoms with Crippen LogP contribution in [0.1, 0.15) is 10.4 Å². The van der Waals surface area contributed by atoms with Gasteiger partial charge in [-0.05, 0) is 66.7 Å². The van der Waals surface area contributed by atoms with Crippen molar-refractivity contribution in [2.75, 3.05) is 18.5 Å². The molecule has 0 saturated heterocycles. The maximum absolute atomic E-state index is 13.0. The van der Waals surface area contributed by atoms with Crippen molar-refractivity contribution in [3.05, 3.63) is 83.4 Å². The maximum atomic E-state index is 13.0. The molecule has 3 aromatic rings. The number of sulfonamides is 1. The van der Waals surface area contributed by atoms with Gasteiger partial charge in [-0.15, -0.1) is 0 Å². The van der Waals surface area contributed by atoms with Crippen LogP contribution in [-0.4, -0.2) is 28.5 Å². The van der Waals surface area contributed by atoms with Gasteiger partial charge in [-0.2, -0.15) is 0 Å². The third kappa shape index (κ3) is 4.70. The number of ether oxygens (including phenoxy) is 2. The van der Waals surface area contributed by atoms with Gasteiger partial charge in [-0.3, -0.25) is 4.31 Å². The highest BCUT2D eigenvalue weighted by Crippen LogP contribution is 2.25. The summed E-state index contributed by atoms with van der Waals surface area (Å²) in [5.74, 6) is 0.256. The Hall–Kier alpha value is -3.03. The third-order valence-electron chi connectivity index (χ3n) is 4.19. The number of nitrogens with zero attached hydrogens (tertiary/aromatic N) is 1. The second kappa shape index (κ2) is 8.55.